The van der Waals surface area contributed by atoms with E-state index in [2.05, 4.69) is 5.32 Å². The summed E-state index contributed by atoms with van der Waals surface area (Å²) >= 11 is 0. The SMILES string of the molecule is CCC(CC)(COc1cccc([N+](=O)[O-])c1C#N)NC(=O)O. The molecule has 0 saturated heterocycles. The Bertz CT molecular complexity index is 605. The van der Waals surface area contributed by atoms with Crippen molar-refractivity contribution in [3.63, 3.8) is 0 Å². The van der Waals surface area contributed by atoms with Crippen LogP contribution >= 0.6 is 0 Å². The van der Waals surface area contributed by atoms with Crippen molar-refractivity contribution in [2.45, 2.75) is 32.2 Å². The Morgan fingerprint density at radius 3 is 2.59 bits per heavy atom. The molecule has 0 aromatic heterocycles. The van der Waals surface area contributed by atoms with Crippen LogP contribution < -0.4 is 10.1 Å². The van der Waals surface area contributed by atoms with E-state index in [9.17, 15) is 14.9 Å². The van der Waals surface area contributed by atoms with Crippen molar-refractivity contribution in [3.05, 3.63) is 33.9 Å². The number of benzene rings is 1. The lowest BCUT2D eigenvalue weighted by atomic mass is 9.94. The highest BCUT2D eigenvalue weighted by molar-refractivity contribution is 5.65. The van der Waals surface area contributed by atoms with E-state index in [1.54, 1.807) is 19.9 Å². The number of carboxylic acid groups (broad SMARTS) is 1. The fraction of sp³-hybridized carbons (Fsp3) is 0.429. The molecule has 1 aromatic rings. The molecule has 1 aromatic carbocycles. The molecule has 0 fully saturated rings. The van der Waals surface area contributed by atoms with Crippen molar-refractivity contribution >= 4 is 11.8 Å². The van der Waals surface area contributed by atoms with Crippen LogP contribution in [0.25, 0.3) is 0 Å². The number of nitrogens with zero attached hydrogens (tertiary/aromatic N) is 2. The van der Waals surface area contributed by atoms with E-state index in [1.165, 1.54) is 18.2 Å². The Hall–Kier alpha value is -2.82. The second-order valence-corrected chi connectivity index (χ2v) is 4.73. The van der Waals surface area contributed by atoms with Crippen LogP contribution in [0.1, 0.15) is 32.3 Å². The number of nitriles is 1. The van der Waals surface area contributed by atoms with Gasteiger partial charge >= 0.3 is 6.09 Å². The van der Waals surface area contributed by atoms with Crippen molar-refractivity contribution in [1.29, 1.82) is 5.26 Å². The van der Waals surface area contributed by atoms with Gasteiger partial charge in [0.15, 0.2) is 5.56 Å². The van der Waals surface area contributed by atoms with E-state index >= 15 is 0 Å². The van der Waals surface area contributed by atoms with Gasteiger partial charge < -0.3 is 15.2 Å². The van der Waals surface area contributed by atoms with E-state index in [4.69, 9.17) is 15.1 Å². The summed E-state index contributed by atoms with van der Waals surface area (Å²) in [6, 6.07) is 5.83. The van der Waals surface area contributed by atoms with Gasteiger partial charge in [-0.15, -0.1) is 0 Å². The maximum absolute atomic E-state index is 10.9. The topological polar surface area (TPSA) is 125 Å². The number of ether oxygens (including phenoxy) is 1. The number of rotatable bonds is 7. The summed E-state index contributed by atoms with van der Waals surface area (Å²) < 4.78 is 5.51. The van der Waals surface area contributed by atoms with E-state index < -0.39 is 16.6 Å². The zero-order valence-electron chi connectivity index (χ0n) is 12.3. The molecule has 0 aliphatic carbocycles. The average Bonchev–Trinajstić information content (AvgIpc) is 2.50. The quantitative estimate of drug-likeness (QED) is 0.589. The number of hydrogen-bond donors (Lipinski definition) is 2. The molecule has 0 aliphatic rings. The van der Waals surface area contributed by atoms with Crippen molar-refractivity contribution in [2.24, 2.45) is 0 Å². The first-order chi connectivity index (χ1) is 10.4. The molecule has 0 heterocycles. The number of nitro groups is 1. The van der Waals surface area contributed by atoms with E-state index in [1.807, 2.05) is 0 Å². The number of nitrogens with one attached hydrogen (secondary N) is 1. The second kappa shape index (κ2) is 7.26. The zero-order valence-corrected chi connectivity index (χ0v) is 12.3. The average molecular weight is 307 g/mol. The lowest BCUT2D eigenvalue weighted by Gasteiger charge is -2.31. The van der Waals surface area contributed by atoms with Crippen molar-refractivity contribution in [1.82, 2.24) is 5.32 Å². The van der Waals surface area contributed by atoms with Gasteiger partial charge in [0.25, 0.3) is 5.69 Å². The Labute approximate surface area is 127 Å². The Balaban J connectivity index is 3.05. The predicted molar refractivity (Wildman–Crippen MR) is 77.8 cm³/mol. The highest BCUT2D eigenvalue weighted by Crippen LogP contribution is 2.28. The van der Waals surface area contributed by atoms with Crippen LogP contribution in [0.15, 0.2) is 18.2 Å². The van der Waals surface area contributed by atoms with Crippen molar-refractivity contribution < 1.29 is 19.6 Å². The monoisotopic (exact) mass is 307 g/mol. The molecule has 0 spiro atoms. The van der Waals surface area contributed by atoms with Gasteiger partial charge in [0.05, 0.1) is 10.5 Å². The standard InChI is InChI=1S/C14H17N3O5/c1-3-14(4-2,16-13(18)19)9-22-12-7-5-6-11(17(20)21)10(12)8-15/h5-7,16H,3-4,9H2,1-2H3,(H,18,19). The molecule has 0 radical (unpaired) electrons. The molecule has 0 aliphatic heterocycles. The maximum atomic E-state index is 10.9. The molecular formula is C14H17N3O5. The smallest absolute Gasteiger partial charge is 0.405 e. The second-order valence-electron chi connectivity index (χ2n) is 4.73. The van der Waals surface area contributed by atoms with Crippen molar-refractivity contribution in [2.75, 3.05) is 6.61 Å². The third-order valence-corrected chi connectivity index (χ3v) is 3.54. The molecule has 2 N–H and O–H groups in total. The normalized spacial score (nSPS) is 10.6. The van der Waals surface area contributed by atoms with Gasteiger partial charge in [0, 0.05) is 6.07 Å². The molecule has 22 heavy (non-hydrogen) atoms. The summed E-state index contributed by atoms with van der Waals surface area (Å²) in [5.41, 5.74) is -1.34. The van der Waals surface area contributed by atoms with Gasteiger partial charge in [-0.05, 0) is 18.9 Å². The Kier molecular flexibility index (Phi) is 5.69. The number of nitro benzene ring substituents is 1. The van der Waals surface area contributed by atoms with Crippen LogP contribution in [0.4, 0.5) is 10.5 Å². The van der Waals surface area contributed by atoms with Gasteiger partial charge in [-0.1, -0.05) is 19.9 Å². The van der Waals surface area contributed by atoms with Crippen LogP contribution in [-0.4, -0.2) is 28.3 Å². The predicted octanol–water partition coefficient (Wildman–Crippen LogP) is 2.67. The fourth-order valence-electron chi connectivity index (χ4n) is 2.01. The van der Waals surface area contributed by atoms with Crippen LogP contribution in [0.5, 0.6) is 5.75 Å². The molecule has 1 rings (SSSR count). The summed E-state index contributed by atoms with van der Waals surface area (Å²) in [6.45, 7) is 3.59. The van der Waals surface area contributed by atoms with Crippen LogP contribution in [0, 0.1) is 21.4 Å². The summed E-state index contributed by atoms with van der Waals surface area (Å²) in [5, 5.41) is 31.3. The number of carbonyl (C=O) groups is 1. The van der Waals surface area contributed by atoms with Crippen LogP contribution in [0.2, 0.25) is 0 Å². The van der Waals surface area contributed by atoms with Crippen LogP contribution in [0.3, 0.4) is 0 Å². The first-order valence-corrected chi connectivity index (χ1v) is 6.70. The zero-order chi connectivity index (χ0) is 16.8. The van der Waals surface area contributed by atoms with Gasteiger partial charge in [0.2, 0.25) is 0 Å². The number of hydrogen-bond acceptors (Lipinski definition) is 5. The number of amides is 1. The molecule has 0 unspecified atom stereocenters. The van der Waals surface area contributed by atoms with Crippen molar-refractivity contribution in [3.8, 4) is 11.8 Å². The Morgan fingerprint density at radius 2 is 2.14 bits per heavy atom. The molecule has 0 atom stereocenters. The molecule has 118 valence electrons. The van der Waals surface area contributed by atoms with E-state index in [0.717, 1.165) is 0 Å². The lowest BCUT2D eigenvalue weighted by Crippen LogP contribution is -2.51. The minimum absolute atomic E-state index is 0.0256. The minimum atomic E-state index is -1.17. The summed E-state index contributed by atoms with van der Waals surface area (Å²) in [5.74, 6) is 0.0650. The molecule has 8 heteroatoms. The highest BCUT2D eigenvalue weighted by Gasteiger charge is 2.30. The Morgan fingerprint density at radius 1 is 1.50 bits per heavy atom. The highest BCUT2D eigenvalue weighted by atomic mass is 16.6. The minimum Gasteiger partial charge on any atom is -0.489 e. The van der Waals surface area contributed by atoms with Gasteiger partial charge in [-0.25, -0.2) is 4.79 Å². The van der Waals surface area contributed by atoms with E-state index in [0.29, 0.717) is 12.8 Å². The summed E-state index contributed by atoms with van der Waals surface area (Å²) in [7, 11) is 0. The molecular weight excluding hydrogens is 290 g/mol. The fourth-order valence-corrected chi connectivity index (χ4v) is 2.01. The van der Waals surface area contributed by atoms with Gasteiger partial charge in [-0.2, -0.15) is 5.26 Å². The molecule has 8 nitrogen and oxygen atoms in total. The first kappa shape index (κ1) is 17.2. The largest absolute Gasteiger partial charge is 0.489 e. The summed E-state index contributed by atoms with van der Waals surface area (Å²) in [4.78, 5) is 21.1. The van der Waals surface area contributed by atoms with Gasteiger partial charge in [-0.3, -0.25) is 10.1 Å². The lowest BCUT2D eigenvalue weighted by molar-refractivity contribution is -0.385. The third-order valence-electron chi connectivity index (χ3n) is 3.54. The van der Waals surface area contributed by atoms with Crippen LogP contribution in [-0.2, 0) is 0 Å². The molecule has 1 amide bonds. The third kappa shape index (κ3) is 3.85. The molecule has 0 saturated carbocycles. The summed E-state index contributed by atoms with van der Waals surface area (Å²) in [6.07, 6.45) is -0.217. The van der Waals surface area contributed by atoms with Gasteiger partial charge in [0.1, 0.15) is 18.4 Å². The molecule has 0 bridgehead atoms. The van der Waals surface area contributed by atoms with E-state index in [-0.39, 0.29) is 23.6 Å². The first-order valence-electron chi connectivity index (χ1n) is 6.70. The maximum Gasteiger partial charge on any atom is 0.405 e.